The predicted molar refractivity (Wildman–Crippen MR) is 81.4 cm³/mol. The smallest absolute Gasteiger partial charge is 0.122 e. The number of nitrogens with two attached hydrogens (primary N) is 1. The summed E-state index contributed by atoms with van der Waals surface area (Å²) in [6, 6.07) is 14.8. The molecule has 3 nitrogen and oxygen atoms in total. The second-order valence-corrected chi connectivity index (χ2v) is 5.74. The van der Waals surface area contributed by atoms with Crippen molar-refractivity contribution in [2.24, 2.45) is 11.7 Å². The van der Waals surface area contributed by atoms with Gasteiger partial charge in [-0.05, 0) is 47.2 Å². The molecule has 3 heteroatoms. The number of hydrogen-bond acceptors (Lipinski definition) is 2. The third kappa shape index (κ3) is 1.56. The zero-order chi connectivity index (χ0) is 13.7. The molecule has 0 saturated carbocycles. The van der Waals surface area contributed by atoms with Crippen molar-refractivity contribution in [2.45, 2.75) is 12.3 Å². The van der Waals surface area contributed by atoms with Gasteiger partial charge in [0, 0.05) is 23.7 Å². The minimum absolute atomic E-state index is 0.140. The van der Waals surface area contributed by atoms with Gasteiger partial charge < -0.3 is 11.1 Å². The van der Waals surface area contributed by atoms with Crippen LogP contribution >= 0.6 is 0 Å². The molecular formula is C17H17N3. The molecule has 1 aliphatic carbocycles. The van der Waals surface area contributed by atoms with E-state index in [0.29, 0.717) is 11.8 Å². The van der Waals surface area contributed by atoms with Gasteiger partial charge in [0.1, 0.15) is 5.84 Å². The molecule has 100 valence electrons. The van der Waals surface area contributed by atoms with Crippen LogP contribution in [0.1, 0.15) is 28.2 Å². The lowest BCUT2D eigenvalue weighted by Crippen LogP contribution is -2.26. The molecule has 2 aromatic carbocycles. The summed E-state index contributed by atoms with van der Waals surface area (Å²) >= 11 is 0. The summed E-state index contributed by atoms with van der Waals surface area (Å²) in [6.45, 7) is 1.02. The van der Waals surface area contributed by atoms with Crippen LogP contribution < -0.4 is 11.1 Å². The summed E-state index contributed by atoms with van der Waals surface area (Å²) in [5.41, 5.74) is 11.8. The molecule has 20 heavy (non-hydrogen) atoms. The van der Waals surface area contributed by atoms with Crippen molar-refractivity contribution in [1.82, 2.24) is 0 Å². The first-order valence-corrected chi connectivity index (χ1v) is 7.04. The molecule has 0 fully saturated rings. The Morgan fingerprint density at radius 1 is 1.15 bits per heavy atom. The normalized spacial score (nSPS) is 22.4. The number of anilines is 1. The molecule has 0 spiro atoms. The van der Waals surface area contributed by atoms with Crippen LogP contribution in [0.25, 0.3) is 0 Å². The molecule has 4 rings (SSSR count). The maximum absolute atomic E-state index is 7.64. The van der Waals surface area contributed by atoms with Crippen molar-refractivity contribution < 1.29 is 0 Å². The van der Waals surface area contributed by atoms with Crippen LogP contribution in [0.3, 0.4) is 0 Å². The van der Waals surface area contributed by atoms with E-state index in [4.69, 9.17) is 11.1 Å². The van der Waals surface area contributed by atoms with Gasteiger partial charge in [-0.1, -0.05) is 24.3 Å². The molecular weight excluding hydrogens is 246 g/mol. The highest BCUT2D eigenvalue weighted by Crippen LogP contribution is 2.47. The fourth-order valence-electron chi connectivity index (χ4n) is 3.68. The van der Waals surface area contributed by atoms with E-state index in [1.54, 1.807) is 0 Å². The number of nitrogen functional groups attached to an aromatic ring is 1. The number of benzene rings is 2. The summed E-state index contributed by atoms with van der Waals surface area (Å²) in [5.74, 6) is 1.20. The summed E-state index contributed by atoms with van der Waals surface area (Å²) < 4.78 is 0. The third-order valence-corrected chi connectivity index (χ3v) is 4.60. The van der Waals surface area contributed by atoms with Gasteiger partial charge in [0.2, 0.25) is 0 Å². The Hall–Kier alpha value is -2.29. The average molecular weight is 263 g/mol. The van der Waals surface area contributed by atoms with Crippen molar-refractivity contribution in [3.05, 3.63) is 64.7 Å². The molecule has 1 heterocycles. The Bertz CT molecular complexity index is 705. The molecule has 2 aromatic rings. The first kappa shape index (κ1) is 11.5. The van der Waals surface area contributed by atoms with Gasteiger partial charge in [-0.3, -0.25) is 5.41 Å². The first-order valence-electron chi connectivity index (χ1n) is 7.04. The summed E-state index contributed by atoms with van der Waals surface area (Å²) in [4.78, 5) is 0. The standard InChI is InChI=1S/C17H17N3/c18-17(19)11-5-6-15-14(8-11)16-12(9-20-15)7-10-3-1-2-4-13(10)16/h1-6,8,12,16,20H,7,9H2,(H3,18,19). The van der Waals surface area contributed by atoms with Crippen molar-refractivity contribution in [3.8, 4) is 0 Å². The SMILES string of the molecule is N=C(N)c1ccc2c(c1)C1c3ccccc3CC1CN2. The number of hydrogen-bond donors (Lipinski definition) is 3. The average Bonchev–Trinajstić information content (AvgIpc) is 2.85. The van der Waals surface area contributed by atoms with Gasteiger partial charge in [0.05, 0.1) is 0 Å². The minimum atomic E-state index is 0.140. The van der Waals surface area contributed by atoms with Gasteiger partial charge >= 0.3 is 0 Å². The van der Waals surface area contributed by atoms with E-state index in [1.807, 2.05) is 6.07 Å². The Morgan fingerprint density at radius 2 is 2.00 bits per heavy atom. The Labute approximate surface area is 118 Å². The lowest BCUT2D eigenvalue weighted by atomic mass is 9.81. The van der Waals surface area contributed by atoms with E-state index in [0.717, 1.165) is 18.5 Å². The number of rotatable bonds is 1. The molecule has 0 amide bonds. The number of nitrogens with one attached hydrogen (secondary N) is 2. The first-order chi connectivity index (χ1) is 9.74. The highest BCUT2D eigenvalue weighted by Gasteiger charge is 2.37. The molecule has 0 radical (unpaired) electrons. The quantitative estimate of drug-likeness (QED) is 0.547. The molecule has 2 aliphatic rings. The number of fused-ring (bicyclic) bond motifs is 5. The van der Waals surface area contributed by atoms with Crippen LogP contribution in [0.5, 0.6) is 0 Å². The van der Waals surface area contributed by atoms with Crippen LogP contribution in [-0.4, -0.2) is 12.4 Å². The van der Waals surface area contributed by atoms with E-state index < -0.39 is 0 Å². The van der Waals surface area contributed by atoms with E-state index in [1.165, 1.54) is 22.4 Å². The minimum Gasteiger partial charge on any atom is -0.384 e. The third-order valence-electron chi connectivity index (χ3n) is 4.60. The molecule has 0 saturated heterocycles. The van der Waals surface area contributed by atoms with Crippen molar-refractivity contribution in [2.75, 3.05) is 11.9 Å². The fourth-order valence-corrected chi connectivity index (χ4v) is 3.68. The highest BCUT2D eigenvalue weighted by atomic mass is 14.9. The largest absolute Gasteiger partial charge is 0.384 e. The fraction of sp³-hybridized carbons (Fsp3) is 0.235. The van der Waals surface area contributed by atoms with Gasteiger partial charge in [0.15, 0.2) is 0 Å². The topological polar surface area (TPSA) is 61.9 Å². The highest BCUT2D eigenvalue weighted by molar-refractivity contribution is 5.95. The van der Waals surface area contributed by atoms with Crippen LogP contribution in [0, 0.1) is 11.3 Å². The zero-order valence-electron chi connectivity index (χ0n) is 11.2. The molecule has 0 aromatic heterocycles. The van der Waals surface area contributed by atoms with Gasteiger partial charge in [-0.25, -0.2) is 0 Å². The lowest BCUT2D eigenvalue weighted by Gasteiger charge is -2.30. The molecule has 4 N–H and O–H groups in total. The van der Waals surface area contributed by atoms with Crippen molar-refractivity contribution >= 4 is 11.5 Å². The summed E-state index contributed by atoms with van der Waals surface area (Å²) in [5, 5.41) is 11.2. The van der Waals surface area contributed by atoms with Crippen LogP contribution in [0.4, 0.5) is 5.69 Å². The van der Waals surface area contributed by atoms with E-state index in [2.05, 4.69) is 41.7 Å². The monoisotopic (exact) mass is 263 g/mol. The van der Waals surface area contributed by atoms with Crippen molar-refractivity contribution in [1.29, 1.82) is 5.41 Å². The molecule has 1 aliphatic heterocycles. The maximum Gasteiger partial charge on any atom is 0.122 e. The van der Waals surface area contributed by atoms with E-state index >= 15 is 0 Å². The van der Waals surface area contributed by atoms with Crippen LogP contribution in [-0.2, 0) is 6.42 Å². The Balaban J connectivity index is 1.89. The summed E-state index contributed by atoms with van der Waals surface area (Å²) in [6.07, 6.45) is 1.14. The van der Waals surface area contributed by atoms with Gasteiger partial charge in [-0.15, -0.1) is 0 Å². The van der Waals surface area contributed by atoms with Crippen LogP contribution in [0.15, 0.2) is 42.5 Å². The zero-order valence-corrected chi connectivity index (χ0v) is 11.2. The Kier molecular flexibility index (Phi) is 2.36. The van der Waals surface area contributed by atoms with Gasteiger partial charge in [0.25, 0.3) is 0 Å². The number of amidine groups is 1. The summed E-state index contributed by atoms with van der Waals surface area (Å²) in [7, 11) is 0. The molecule has 0 bridgehead atoms. The molecule has 2 atom stereocenters. The second kappa shape index (κ2) is 4.10. The molecule has 2 unspecified atom stereocenters. The van der Waals surface area contributed by atoms with E-state index in [9.17, 15) is 0 Å². The predicted octanol–water partition coefficient (Wildman–Crippen LogP) is 2.70. The van der Waals surface area contributed by atoms with E-state index in [-0.39, 0.29) is 5.84 Å². The van der Waals surface area contributed by atoms with Crippen molar-refractivity contribution in [3.63, 3.8) is 0 Å². The lowest BCUT2D eigenvalue weighted by molar-refractivity contribution is 0.516. The Morgan fingerprint density at radius 3 is 2.85 bits per heavy atom. The van der Waals surface area contributed by atoms with Crippen LogP contribution in [0.2, 0.25) is 0 Å². The van der Waals surface area contributed by atoms with Gasteiger partial charge in [-0.2, -0.15) is 0 Å². The maximum atomic E-state index is 7.64. The second-order valence-electron chi connectivity index (χ2n) is 5.74.